The van der Waals surface area contributed by atoms with Gasteiger partial charge in [-0.2, -0.15) is 0 Å². The first kappa shape index (κ1) is 13.6. The molecule has 0 unspecified atom stereocenters. The number of hydrogen-bond donors (Lipinski definition) is 4. The van der Waals surface area contributed by atoms with E-state index in [0.717, 1.165) is 37.8 Å². The maximum atomic E-state index is 13.6. The van der Waals surface area contributed by atoms with Crippen LogP contribution in [0.1, 0.15) is 36.0 Å². The minimum absolute atomic E-state index is 0.0608. The largest absolute Gasteiger partial charge is 0.478 e. The van der Waals surface area contributed by atoms with Gasteiger partial charge in [-0.3, -0.25) is 0 Å². The van der Waals surface area contributed by atoms with Crippen LogP contribution in [0.2, 0.25) is 0 Å². The summed E-state index contributed by atoms with van der Waals surface area (Å²) in [6.07, 6.45) is 3.54. The molecule has 0 spiro atoms. The Kier molecular flexibility index (Phi) is 3.61. The zero-order valence-electron chi connectivity index (χ0n) is 10.4. The van der Waals surface area contributed by atoms with E-state index in [1.54, 1.807) is 0 Å². The third kappa shape index (κ3) is 2.63. The second kappa shape index (κ2) is 5.05. The number of carbonyl (C=O) groups is 1. The Labute approximate surface area is 110 Å². The Morgan fingerprint density at radius 1 is 1.42 bits per heavy atom. The average molecular weight is 268 g/mol. The normalized spacial score (nSPS) is 17.4. The Bertz CT molecular complexity index is 499. The number of aliphatic hydroxyl groups excluding tert-OH is 1. The molecule has 5 nitrogen and oxygen atoms in total. The highest BCUT2D eigenvalue weighted by atomic mass is 19.1. The molecule has 5 N–H and O–H groups in total. The average Bonchev–Trinajstić information content (AvgIpc) is 2.82. The van der Waals surface area contributed by atoms with Gasteiger partial charge in [0.1, 0.15) is 5.82 Å². The van der Waals surface area contributed by atoms with Gasteiger partial charge < -0.3 is 21.3 Å². The molecule has 1 saturated carbocycles. The zero-order valence-corrected chi connectivity index (χ0v) is 10.4. The number of nitrogen functional groups attached to an aromatic ring is 1. The standard InChI is InChI=1S/C13H17FN2O3/c14-9-6-11(10(15)5-8(9)12(18)19)16-13(7-17)3-1-2-4-13/h5-6,16-17H,1-4,7,15H2,(H,18,19). The number of benzene rings is 1. The monoisotopic (exact) mass is 268 g/mol. The number of aliphatic hydroxyl groups is 1. The fraction of sp³-hybridized carbons (Fsp3) is 0.462. The summed E-state index contributed by atoms with van der Waals surface area (Å²) in [5.74, 6) is -2.19. The second-order valence-electron chi connectivity index (χ2n) is 5.00. The van der Waals surface area contributed by atoms with Crippen LogP contribution < -0.4 is 11.1 Å². The highest BCUT2D eigenvalue weighted by Crippen LogP contribution is 2.35. The lowest BCUT2D eigenvalue weighted by molar-refractivity contribution is 0.0692. The quantitative estimate of drug-likeness (QED) is 0.625. The van der Waals surface area contributed by atoms with Crippen LogP contribution in [-0.2, 0) is 0 Å². The third-order valence-corrected chi connectivity index (χ3v) is 3.63. The van der Waals surface area contributed by atoms with E-state index in [-0.39, 0.29) is 12.3 Å². The van der Waals surface area contributed by atoms with Gasteiger partial charge in [-0.25, -0.2) is 9.18 Å². The lowest BCUT2D eigenvalue weighted by Crippen LogP contribution is -2.39. The van der Waals surface area contributed by atoms with Gasteiger partial charge in [-0.05, 0) is 25.0 Å². The Morgan fingerprint density at radius 2 is 2.05 bits per heavy atom. The van der Waals surface area contributed by atoms with E-state index < -0.39 is 22.9 Å². The fourth-order valence-corrected chi connectivity index (χ4v) is 2.52. The zero-order chi connectivity index (χ0) is 14.0. The molecule has 1 fully saturated rings. The summed E-state index contributed by atoms with van der Waals surface area (Å²) in [4.78, 5) is 10.8. The van der Waals surface area contributed by atoms with Crippen molar-refractivity contribution in [3.63, 3.8) is 0 Å². The summed E-state index contributed by atoms with van der Waals surface area (Å²) >= 11 is 0. The summed E-state index contributed by atoms with van der Waals surface area (Å²) in [5, 5.41) is 21.4. The molecule has 0 atom stereocenters. The van der Waals surface area contributed by atoms with E-state index in [1.807, 2.05) is 0 Å². The minimum atomic E-state index is -1.35. The molecular weight excluding hydrogens is 251 g/mol. The van der Waals surface area contributed by atoms with E-state index in [9.17, 15) is 14.3 Å². The lowest BCUT2D eigenvalue weighted by atomic mass is 9.98. The van der Waals surface area contributed by atoms with Gasteiger partial charge in [0.2, 0.25) is 0 Å². The molecule has 19 heavy (non-hydrogen) atoms. The van der Waals surface area contributed by atoms with Gasteiger partial charge >= 0.3 is 5.97 Å². The summed E-state index contributed by atoms with van der Waals surface area (Å²) in [5.41, 5.74) is 5.31. The number of rotatable bonds is 4. The molecule has 104 valence electrons. The van der Waals surface area contributed by atoms with Gasteiger partial charge in [-0.15, -0.1) is 0 Å². The van der Waals surface area contributed by atoms with E-state index in [4.69, 9.17) is 10.8 Å². The van der Waals surface area contributed by atoms with Crippen LogP contribution in [-0.4, -0.2) is 28.3 Å². The number of hydrogen-bond acceptors (Lipinski definition) is 4. The first-order valence-corrected chi connectivity index (χ1v) is 6.19. The van der Waals surface area contributed by atoms with Crippen LogP contribution >= 0.6 is 0 Å². The van der Waals surface area contributed by atoms with Crippen LogP contribution in [0.4, 0.5) is 15.8 Å². The van der Waals surface area contributed by atoms with Gasteiger partial charge in [0.25, 0.3) is 0 Å². The number of nitrogens with two attached hydrogens (primary N) is 1. The molecule has 1 aliphatic carbocycles. The molecule has 6 heteroatoms. The second-order valence-corrected chi connectivity index (χ2v) is 5.00. The molecule has 0 saturated heterocycles. The number of halogens is 1. The third-order valence-electron chi connectivity index (χ3n) is 3.63. The number of carboxylic acids is 1. The molecule has 0 bridgehead atoms. The van der Waals surface area contributed by atoms with Crippen molar-refractivity contribution in [3.05, 3.63) is 23.5 Å². The molecule has 1 aromatic rings. The predicted molar refractivity (Wildman–Crippen MR) is 69.7 cm³/mol. The van der Waals surface area contributed by atoms with Crippen molar-refractivity contribution in [1.82, 2.24) is 0 Å². The SMILES string of the molecule is Nc1cc(C(=O)O)c(F)cc1NC1(CO)CCCC1. The first-order valence-electron chi connectivity index (χ1n) is 6.19. The number of aromatic carboxylic acids is 1. The van der Waals surface area contributed by atoms with Crippen LogP contribution in [0.25, 0.3) is 0 Å². The molecular formula is C13H17FN2O3. The van der Waals surface area contributed by atoms with Crippen molar-refractivity contribution in [3.8, 4) is 0 Å². The van der Waals surface area contributed by atoms with Gasteiger partial charge in [-0.1, -0.05) is 12.8 Å². The Balaban J connectivity index is 2.30. The minimum Gasteiger partial charge on any atom is -0.478 e. The van der Waals surface area contributed by atoms with Gasteiger partial charge in [0.15, 0.2) is 0 Å². The van der Waals surface area contributed by atoms with E-state index >= 15 is 0 Å². The summed E-state index contributed by atoms with van der Waals surface area (Å²) in [6, 6.07) is 2.18. The van der Waals surface area contributed by atoms with Crippen molar-refractivity contribution in [1.29, 1.82) is 0 Å². The van der Waals surface area contributed by atoms with E-state index in [2.05, 4.69) is 5.32 Å². The van der Waals surface area contributed by atoms with E-state index in [1.165, 1.54) is 0 Å². The van der Waals surface area contributed by atoms with Crippen LogP contribution in [0, 0.1) is 5.82 Å². The highest BCUT2D eigenvalue weighted by Gasteiger charge is 2.33. The molecule has 0 radical (unpaired) electrons. The Hall–Kier alpha value is -1.82. The lowest BCUT2D eigenvalue weighted by Gasteiger charge is -2.30. The first-order chi connectivity index (χ1) is 8.97. The van der Waals surface area contributed by atoms with Crippen molar-refractivity contribution >= 4 is 17.3 Å². The summed E-state index contributed by atoms with van der Waals surface area (Å²) < 4.78 is 13.6. The molecule has 1 aliphatic rings. The van der Waals surface area contributed by atoms with Crippen molar-refractivity contribution < 1.29 is 19.4 Å². The predicted octanol–water partition coefficient (Wildman–Crippen LogP) is 1.82. The summed E-state index contributed by atoms with van der Waals surface area (Å²) in [7, 11) is 0. The number of nitrogens with one attached hydrogen (secondary N) is 1. The van der Waals surface area contributed by atoms with Crippen LogP contribution in [0.5, 0.6) is 0 Å². The smallest absolute Gasteiger partial charge is 0.338 e. The van der Waals surface area contributed by atoms with Crippen LogP contribution in [0.3, 0.4) is 0 Å². The molecule has 0 amide bonds. The number of anilines is 2. The van der Waals surface area contributed by atoms with Crippen molar-refractivity contribution in [2.45, 2.75) is 31.2 Å². The van der Waals surface area contributed by atoms with Crippen LogP contribution in [0.15, 0.2) is 12.1 Å². The van der Waals surface area contributed by atoms with Gasteiger partial charge in [0.05, 0.1) is 29.1 Å². The molecule has 0 aliphatic heterocycles. The maximum absolute atomic E-state index is 13.6. The van der Waals surface area contributed by atoms with Gasteiger partial charge in [0, 0.05) is 0 Å². The molecule has 0 heterocycles. The van der Waals surface area contributed by atoms with Crippen molar-refractivity contribution in [2.75, 3.05) is 17.7 Å². The topological polar surface area (TPSA) is 95.6 Å². The summed E-state index contributed by atoms with van der Waals surface area (Å²) in [6.45, 7) is -0.0608. The van der Waals surface area contributed by atoms with E-state index in [0.29, 0.717) is 5.69 Å². The molecule has 1 aromatic carbocycles. The Morgan fingerprint density at radius 3 is 2.58 bits per heavy atom. The number of carboxylic acid groups (broad SMARTS) is 1. The molecule has 0 aromatic heterocycles. The van der Waals surface area contributed by atoms with Crippen molar-refractivity contribution in [2.24, 2.45) is 0 Å². The highest BCUT2D eigenvalue weighted by molar-refractivity contribution is 5.90. The molecule has 2 rings (SSSR count). The fourth-order valence-electron chi connectivity index (χ4n) is 2.52. The maximum Gasteiger partial charge on any atom is 0.338 e.